The Balaban J connectivity index is 1.40. The number of aromatic hydroxyl groups is 1. The molecule has 0 bridgehead atoms. The van der Waals surface area contributed by atoms with Gasteiger partial charge in [0, 0.05) is 53.5 Å². The smallest absolute Gasteiger partial charge is 0.326 e. The number of benzene rings is 3. The SMILES string of the molecule is NC(CO)C(=O)NC(Cc1c[nH]c2ccccc12)C(=O)NC(Cc1ccc(O)cc1)C(=O)NC(Cc1c[nH]c2ccccc12)C(=O)O. The van der Waals surface area contributed by atoms with Crippen LogP contribution in [0.4, 0.5) is 0 Å². The Morgan fingerprint density at radius 1 is 0.660 bits per heavy atom. The highest BCUT2D eigenvalue weighted by molar-refractivity contribution is 5.95. The first kappa shape index (κ1) is 32.7. The van der Waals surface area contributed by atoms with Gasteiger partial charge in [0.1, 0.15) is 29.9 Å². The number of amides is 3. The van der Waals surface area contributed by atoms with Gasteiger partial charge in [-0.2, -0.15) is 0 Å². The van der Waals surface area contributed by atoms with Crippen LogP contribution in [0.15, 0.2) is 85.2 Å². The lowest BCUT2D eigenvalue weighted by Crippen LogP contribution is -2.58. The number of phenolic OH excluding ortho intramolecular Hbond substituents is 1. The second kappa shape index (κ2) is 14.6. The maximum atomic E-state index is 13.9. The van der Waals surface area contributed by atoms with E-state index >= 15 is 0 Å². The summed E-state index contributed by atoms with van der Waals surface area (Å²) >= 11 is 0. The fraction of sp³-hybridized carbons (Fsp3) is 0.235. The number of nitrogens with one attached hydrogen (secondary N) is 5. The molecule has 0 aliphatic rings. The van der Waals surface area contributed by atoms with E-state index in [-0.39, 0.29) is 25.0 Å². The standard InChI is InChI=1S/C34H36N6O7/c35-25(18-41)31(43)38-29(14-20-16-36-26-7-3-1-5-23(20)26)33(45)39-28(13-19-9-11-22(42)12-10-19)32(44)40-30(34(46)47)15-21-17-37-27-8-4-2-6-24(21)27/h1-12,16-17,25,28-30,36-37,41-42H,13-15,18,35H2,(H,38,43)(H,39,45)(H,40,44)(H,46,47). The fourth-order valence-corrected chi connectivity index (χ4v) is 5.43. The fourth-order valence-electron chi connectivity index (χ4n) is 5.43. The normalized spacial score (nSPS) is 13.8. The molecule has 0 saturated heterocycles. The van der Waals surface area contributed by atoms with Crippen molar-refractivity contribution in [2.24, 2.45) is 5.73 Å². The highest BCUT2D eigenvalue weighted by atomic mass is 16.4. The molecule has 47 heavy (non-hydrogen) atoms. The number of H-pyrrole nitrogens is 2. The third-order valence-corrected chi connectivity index (χ3v) is 7.99. The maximum absolute atomic E-state index is 13.9. The molecule has 4 atom stereocenters. The molecule has 0 aliphatic carbocycles. The molecule has 0 aliphatic heterocycles. The number of aromatic nitrogens is 2. The summed E-state index contributed by atoms with van der Waals surface area (Å²) in [7, 11) is 0. The molecule has 2 aromatic heterocycles. The van der Waals surface area contributed by atoms with Crippen LogP contribution in [-0.2, 0) is 38.4 Å². The molecule has 0 spiro atoms. The molecule has 3 aromatic carbocycles. The molecule has 0 radical (unpaired) electrons. The van der Waals surface area contributed by atoms with Crippen molar-refractivity contribution in [3.63, 3.8) is 0 Å². The number of rotatable bonds is 14. The minimum Gasteiger partial charge on any atom is -0.508 e. The molecule has 4 unspecified atom stereocenters. The van der Waals surface area contributed by atoms with Crippen LogP contribution in [0.2, 0.25) is 0 Å². The summed E-state index contributed by atoms with van der Waals surface area (Å²) in [6.45, 7) is -0.647. The van der Waals surface area contributed by atoms with Crippen LogP contribution < -0.4 is 21.7 Å². The Kier molecular flexibility index (Phi) is 10.2. The number of carbonyl (C=O) groups excluding carboxylic acids is 3. The lowest BCUT2D eigenvalue weighted by Gasteiger charge is -2.25. The van der Waals surface area contributed by atoms with E-state index in [1.165, 1.54) is 12.1 Å². The van der Waals surface area contributed by atoms with Crippen molar-refractivity contribution in [3.05, 3.63) is 102 Å². The molecule has 5 rings (SSSR count). The number of fused-ring (bicyclic) bond motifs is 2. The molecule has 0 saturated carbocycles. The summed E-state index contributed by atoms with van der Waals surface area (Å²) in [6.07, 6.45) is 3.35. The number of aliphatic carboxylic acids is 1. The summed E-state index contributed by atoms with van der Waals surface area (Å²) in [6, 6.07) is 15.7. The second-order valence-electron chi connectivity index (χ2n) is 11.3. The van der Waals surface area contributed by atoms with Gasteiger partial charge in [-0.15, -0.1) is 0 Å². The zero-order valence-corrected chi connectivity index (χ0v) is 25.3. The summed E-state index contributed by atoms with van der Waals surface area (Å²) in [5.74, 6) is -3.51. The third-order valence-electron chi connectivity index (χ3n) is 7.99. The first-order chi connectivity index (χ1) is 22.6. The molecular formula is C34H36N6O7. The summed E-state index contributed by atoms with van der Waals surface area (Å²) in [5.41, 5.74) is 9.34. The number of nitrogens with two attached hydrogens (primary N) is 1. The Labute approximate surface area is 269 Å². The monoisotopic (exact) mass is 640 g/mol. The van der Waals surface area contributed by atoms with Gasteiger partial charge in [-0.3, -0.25) is 14.4 Å². The van der Waals surface area contributed by atoms with Gasteiger partial charge in [-0.05, 0) is 41.0 Å². The minimum atomic E-state index is -1.33. The lowest BCUT2D eigenvalue weighted by atomic mass is 10.0. The van der Waals surface area contributed by atoms with Crippen molar-refractivity contribution in [3.8, 4) is 5.75 Å². The predicted octanol–water partition coefficient (Wildman–Crippen LogP) is 1.24. The predicted molar refractivity (Wildman–Crippen MR) is 174 cm³/mol. The van der Waals surface area contributed by atoms with Crippen molar-refractivity contribution >= 4 is 45.5 Å². The highest BCUT2D eigenvalue weighted by Gasteiger charge is 2.31. The average Bonchev–Trinajstić information content (AvgIpc) is 3.68. The van der Waals surface area contributed by atoms with Crippen molar-refractivity contribution in [1.82, 2.24) is 25.9 Å². The van der Waals surface area contributed by atoms with Gasteiger partial charge in [-0.1, -0.05) is 48.5 Å². The topological polar surface area (TPSA) is 223 Å². The lowest BCUT2D eigenvalue weighted by molar-refractivity contribution is -0.142. The van der Waals surface area contributed by atoms with Crippen molar-refractivity contribution < 1.29 is 34.5 Å². The van der Waals surface area contributed by atoms with Crippen LogP contribution in [0, 0.1) is 0 Å². The molecule has 13 heteroatoms. The van der Waals surface area contributed by atoms with Crippen LogP contribution in [0.3, 0.4) is 0 Å². The molecule has 2 heterocycles. The van der Waals surface area contributed by atoms with E-state index in [0.29, 0.717) is 16.7 Å². The first-order valence-corrected chi connectivity index (χ1v) is 15.0. The minimum absolute atomic E-state index is 0.00480. The molecule has 244 valence electrons. The number of phenols is 1. The van der Waals surface area contributed by atoms with Crippen LogP contribution in [0.5, 0.6) is 5.75 Å². The number of carboxylic acids is 1. The van der Waals surface area contributed by atoms with E-state index in [4.69, 9.17) is 5.73 Å². The van der Waals surface area contributed by atoms with E-state index < -0.39 is 54.5 Å². The maximum Gasteiger partial charge on any atom is 0.326 e. The number of para-hydroxylation sites is 2. The zero-order chi connectivity index (χ0) is 33.5. The molecule has 5 aromatic rings. The Hall–Kier alpha value is -5.66. The van der Waals surface area contributed by atoms with Crippen molar-refractivity contribution in [1.29, 1.82) is 0 Å². The van der Waals surface area contributed by atoms with Crippen molar-refractivity contribution in [2.75, 3.05) is 6.61 Å². The van der Waals surface area contributed by atoms with Crippen LogP contribution in [0.1, 0.15) is 16.7 Å². The summed E-state index contributed by atoms with van der Waals surface area (Å²) < 4.78 is 0. The number of carbonyl (C=O) groups is 4. The van der Waals surface area contributed by atoms with Gasteiger partial charge >= 0.3 is 5.97 Å². The van der Waals surface area contributed by atoms with Gasteiger partial charge in [-0.25, -0.2) is 4.79 Å². The average molecular weight is 641 g/mol. The first-order valence-electron chi connectivity index (χ1n) is 15.0. The summed E-state index contributed by atoms with van der Waals surface area (Å²) in [4.78, 5) is 58.9. The molecule has 13 nitrogen and oxygen atoms in total. The number of carboxylic acid groups (broad SMARTS) is 1. The van der Waals surface area contributed by atoms with E-state index in [1.807, 2.05) is 48.5 Å². The summed E-state index contributed by atoms with van der Waals surface area (Å²) in [5, 5.41) is 38.7. The van der Waals surface area contributed by atoms with Gasteiger partial charge in [0.25, 0.3) is 0 Å². The Morgan fingerprint density at radius 3 is 1.66 bits per heavy atom. The molecule has 10 N–H and O–H groups in total. The van der Waals surface area contributed by atoms with Gasteiger partial charge in [0.05, 0.1) is 6.61 Å². The van der Waals surface area contributed by atoms with Gasteiger partial charge in [0.2, 0.25) is 17.7 Å². The van der Waals surface area contributed by atoms with Gasteiger partial charge in [0.15, 0.2) is 0 Å². The van der Waals surface area contributed by atoms with Crippen LogP contribution >= 0.6 is 0 Å². The number of aromatic amines is 2. The zero-order valence-electron chi connectivity index (χ0n) is 25.3. The van der Waals surface area contributed by atoms with Crippen LogP contribution in [-0.4, -0.2) is 79.8 Å². The largest absolute Gasteiger partial charge is 0.508 e. The number of aliphatic hydroxyl groups is 1. The molecular weight excluding hydrogens is 604 g/mol. The van der Waals surface area contributed by atoms with Crippen molar-refractivity contribution in [2.45, 2.75) is 43.4 Å². The Bertz CT molecular complexity index is 1880. The van der Waals surface area contributed by atoms with Gasteiger partial charge < -0.3 is 47.0 Å². The number of aliphatic hydroxyl groups excluding tert-OH is 1. The van der Waals surface area contributed by atoms with E-state index in [1.54, 1.807) is 24.5 Å². The number of hydrogen-bond acceptors (Lipinski definition) is 7. The second-order valence-corrected chi connectivity index (χ2v) is 11.3. The third kappa shape index (κ3) is 7.95. The quantitative estimate of drug-likeness (QED) is 0.0857. The highest BCUT2D eigenvalue weighted by Crippen LogP contribution is 2.21. The van der Waals surface area contributed by atoms with E-state index in [9.17, 15) is 34.5 Å². The molecule has 3 amide bonds. The molecule has 0 fully saturated rings. The number of hydrogen-bond donors (Lipinski definition) is 9. The van der Waals surface area contributed by atoms with E-state index in [0.717, 1.165) is 21.8 Å². The van der Waals surface area contributed by atoms with E-state index in [2.05, 4.69) is 25.9 Å². The van der Waals surface area contributed by atoms with Crippen LogP contribution in [0.25, 0.3) is 21.8 Å². The Morgan fingerprint density at radius 2 is 1.13 bits per heavy atom.